The summed E-state index contributed by atoms with van der Waals surface area (Å²) in [5.41, 5.74) is 5.84. The summed E-state index contributed by atoms with van der Waals surface area (Å²) in [4.78, 5) is 10.9. The summed E-state index contributed by atoms with van der Waals surface area (Å²) in [6, 6.07) is 1.22. The van der Waals surface area contributed by atoms with Gasteiger partial charge in [-0.2, -0.15) is 13.2 Å². The largest absolute Gasteiger partial charge is 0.393 e. The van der Waals surface area contributed by atoms with Crippen molar-refractivity contribution in [1.29, 1.82) is 0 Å². The Balaban J connectivity index is 1.91. The second-order valence-corrected chi connectivity index (χ2v) is 7.00. The summed E-state index contributed by atoms with van der Waals surface area (Å²) < 4.78 is 37.7. The molecule has 0 unspecified atom stereocenters. The third-order valence-electron chi connectivity index (χ3n) is 4.17. The molecule has 1 aliphatic carbocycles. The molecule has 1 saturated carbocycles. The molecule has 2 aromatic heterocycles. The van der Waals surface area contributed by atoms with Crippen LogP contribution in [0.25, 0.3) is 10.2 Å². The van der Waals surface area contributed by atoms with Crippen LogP contribution in [0.5, 0.6) is 0 Å². The average Bonchev–Trinajstić information content (AvgIpc) is 2.99. The van der Waals surface area contributed by atoms with Crippen LogP contribution in [0.3, 0.4) is 0 Å². The van der Waals surface area contributed by atoms with Gasteiger partial charge in [0.15, 0.2) is 0 Å². The third-order valence-corrected chi connectivity index (χ3v) is 5.21. The van der Waals surface area contributed by atoms with Crippen LogP contribution in [0.4, 0.5) is 19.0 Å². The van der Waals surface area contributed by atoms with Gasteiger partial charge < -0.3 is 15.7 Å². The van der Waals surface area contributed by atoms with Gasteiger partial charge in [0.1, 0.15) is 17.0 Å². The number of alkyl halides is 3. The Hall–Kier alpha value is -1.45. The first-order chi connectivity index (χ1) is 10.7. The summed E-state index contributed by atoms with van der Waals surface area (Å²) in [5.74, 6) is 0.575. The first kappa shape index (κ1) is 16.4. The molecule has 0 aromatic carbocycles. The molecule has 3 atom stereocenters. The fourth-order valence-electron chi connectivity index (χ4n) is 2.97. The molecule has 0 amide bonds. The molecule has 0 radical (unpaired) electrons. The number of halogens is 3. The maximum Gasteiger partial charge on any atom is 0.393 e. The van der Waals surface area contributed by atoms with Crippen molar-refractivity contribution in [1.82, 2.24) is 9.97 Å². The van der Waals surface area contributed by atoms with Gasteiger partial charge in [0.2, 0.25) is 0 Å². The normalized spacial score (nSPS) is 25.2. The molecule has 0 aliphatic heterocycles. The van der Waals surface area contributed by atoms with Crippen molar-refractivity contribution in [3.63, 3.8) is 0 Å². The number of hydrogen-bond acceptors (Lipinski definition) is 6. The summed E-state index contributed by atoms with van der Waals surface area (Å²) in [7, 11) is 1.82. The van der Waals surface area contributed by atoms with Gasteiger partial charge in [-0.15, -0.1) is 11.3 Å². The van der Waals surface area contributed by atoms with Gasteiger partial charge in [-0.3, -0.25) is 0 Å². The van der Waals surface area contributed by atoms with Crippen LogP contribution in [0.1, 0.15) is 17.7 Å². The Morgan fingerprint density at radius 2 is 2.13 bits per heavy atom. The zero-order valence-electron chi connectivity index (χ0n) is 12.4. The van der Waals surface area contributed by atoms with Crippen LogP contribution in [0.2, 0.25) is 0 Å². The molecule has 0 saturated heterocycles. The number of nitrogens with two attached hydrogens (primary N) is 1. The van der Waals surface area contributed by atoms with E-state index in [-0.39, 0.29) is 17.0 Å². The maximum atomic E-state index is 12.6. The smallest absolute Gasteiger partial charge is 0.391 e. The van der Waals surface area contributed by atoms with Crippen LogP contribution in [-0.2, 0) is 6.42 Å². The number of thiophene rings is 1. The number of hydrogen-bond donors (Lipinski definition) is 2. The molecule has 1 aliphatic rings. The van der Waals surface area contributed by atoms with E-state index in [0.717, 1.165) is 11.3 Å². The van der Waals surface area contributed by atoms with E-state index in [1.54, 1.807) is 0 Å². The number of aliphatic hydroxyl groups is 1. The van der Waals surface area contributed by atoms with E-state index >= 15 is 0 Å². The number of fused-ring (bicyclic) bond motifs is 1. The molecule has 23 heavy (non-hydrogen) atoms. The van der Waals surface area contributed by atoms with Crippen LogP contribution >= 0.6 is 11.3 Å². The Bertz CT molecular complexity index is 695. The van der Waals surface area contributed by atoms with Crippen molar-refractivity contribution in [2.75, 3.05) is 11.9 Å². The molecule has 2 aromatic rings. The fraction of sp³-hybridized carbons (Fsp3) is 0.571. The number of aromatic nitrogens is 2. The zero-order valence-corrected chi connectivity index (χ0v) is 13.2. The molecule has 2 heterocycles. The summed E-state index contributed by atoms with van der Waals surface area (Å²) in [6.07, 6.45) is -3.30. The van der Waals surface area contributed by atoms with Gasteiger partial charge in [0.05, 0.1) is 17.9 Å². The van der Waals surface area contributed by atoms with Crippen molar-refractivity contribution in [3.8, 4) is 0 Å². The summed E-state index contributed by atoms with van der Waals surface area (Å²) >= 11 is 1.03. The van der Waals surface area contributed by atoms with E-state index in [9.17, 15) is 18.3 Å². The highest BCUT2D eigenvalue weighted by molar-refractivity contribution is 7.18. The van der Waals surface area contributed by atoms with Crippen LogP contribution in [0.15, 0.2) is 12.4 Å². The van der Waals surface area contributed by atoms with E-state index in [2.05, 4.69) is 9.97 Å². The van der Waals surface area contributed by atoms with Crippen LogP contribution < -0.4 is 10.6 Å². The maximum absolute atomic E-state index is 12.6. The molecule has 126 valence electrons. The molecule has 0 bridgehead atoms. The first-order valence-corrected chi connectivity index (χ1v) is 8.03. The molecule has 3 rings (SSSR count). The molecule has 9 heteroatoms. The van der Waals surface area contributed by atoms with E-state index in [0.29, 0.717) is 28.9 Å². The number of aliphatic hydroxyl groups excluding tert-OH is 1. The lowest BCUT2D eigenvalue weighted by atomic mass is 10.2. The highest BCUT2D eigenvalue weighted by atomic mass is 32.1. The summed E-state index contributed by atoms with van der Waals surface area (Å²) in [6.45, 7) is 0. The van der Waals surface area contributed by atoms with Crippen molar-refractivity contribution < 1.29 is 18.3 Å². The molecule has 1 fully saturated rings. The molecule has 0 spiro atoms. The predicted molar refractivity (Wildman–Crippen MR) is 82.6 cm³/mol. The standard InChI is InChI=1S/C14H17F3N4OS/c1-21(7-2-10(18)11(22)3-7)12-9-4-8(5-14(15,16)17)23-13(9)20-6-19-12/h4,6-7,10-11,22H,2-3,5,18H2,1H3/t7-,10+,11+/m0/s1. The Labute approximate surface area is 134 Å². The lowest BCUT2D eigenvalue weighted by Crippen LogP contribution is -2.31. The minimum absolute atomic E-state index is 0.00376. The van der Waals surface area contributed by atoms with Crippen LogP contribution in [-0.4, -0.2) is 46.5 Å². The first-order valence-electron chi connectivity index (χ1n) is 7.21. The highest BCUT2D eigenvalue weighted by Crippen LogP contribution is 2.35. The van der Waals surface area contributed by atoms with Crippen molar-refractivity contribution in [2.45, 2.75) is 43.6 Å². The van der Waals surface area contributed by atoms with Gasteiger partial charge in [-0.25, -0.2) is 9.97 Å². The lowest BCUT2D eigenvalue weighted by Gasteiger charge is -2.25. The molecular weight excluding hydrogens is 329 g/mol. The number of rotatable bonds is 3. The van der Waals surface area contributed by atoms with Crippen molar-refractivity contribution in [2.24, 2.45) is 5.73 Å². The number of nitrogens with zero attached hydrogens (tertiary/aromatic N) is 3. The SMILES string of the molecule is CN(c1ncnc2sc(CC(F)(F)F)cc12)[C@H]1C[C@@H](N)[C@H](O)C1. The second kappa shape index (κ2) is 5.88. The molecule has 3 N–H and O–H groups in total. The van der Waals surface area contributed by atoms with Gasteiger partial charge in [-0.05, 0) is 18.9 Å². The Morgan fingerprint density at radius 3 is 2.74 bits per heavy atom. The van der Waals surface area contributed by atoms with Crippen molar-refractivity contribution in [3.05, 3.63) is 17.3 Å². The Morgan fingerprint density at radius 1 is 1.39 bits per heavy atom. The Kier molecular flexibility index (Phi) is 4.19. The van der Waals surface area contributed by atoms with Gasteiger partial charge in [0.25, 0.3) is 0 Å². The minimum Gasteiger partial charge on any atom is -0.391 e. The zero-order chi connectivity index (χ0) is 16.8. The quantitative estimate of drug-likeness (QED) is 0.890. The topological polar surface area (TPSA) is 75.3 Å². The third kappa shape index (κ3) is 3.41. The number of anilines is 1. The summed E-state index contributed by atoms with van der Waals surface area (Å²) in [5, 5.41) is 10.4. The second-order valence-electron chi connectivity index (χ2n) is 5.89. The fourth-order valence-corrected chi connectivity index (χ4v) is 3.99. The highest BCUT2D eigenvalue weighted by Gasteiger charge is 2.34. The van der Waals surface area contributed by atoms with Gasteiger partial charge >= 0.3 is 6.18 Å². The van der Waals surface area contributed by atoms with Crippen molar-refractivity contribution >= 4 is 27.4 Å². The van der Waals surface area contributed by atoms with E-state index < -0.39 is 18.7 Å². The van der Waals surface area contributed by atoms with Gasteiger partial charge in [-0.1, -0.05) is 0 Å². The van der Waals surface area contributed by atoms with Crippen LogP contribution in [0, 0.1) is 0 Å². The predicted octanol–water partition coefficient (Wildman–Crippen LogP) is 2.08. The lowest BCUT2D eigenvalue weighted by molar-refractivity contribution is -0.126. The van der Waals surface area contributed by atoms with E-state index in [4.69, 9.17) is 5.73 Å². The molecular formula is C14H17F3N4OS. The van der Waals surface area contributed by atoms with E-state index in [1.807, 2.05) is 11.9 Å². The minimum atomic E-state index is -4.25. The van der Waals surface area contributed by atoms with Gasteiger partial charge in [0, 0.05) is 24.0 Å². The van der Waals surface area contributed by atoms with E-state index in [1.165, 1.54) is 12.4 Å². The monoisotopic (exact) mass is 346 g/mol. The molecule has 5 nitrogen and oxygen atoms in total. The average molecular weight is 346 g/mol.